The van der Waals surface area contributed by atoms with Crippen LogP contribution < -0.4 is 27.4 Å². The van der Waals surface area contributed by atoms with Gasteiger partial charge in [0, 0.05) is 6.42 Å². The maximum atomic E-state index is 12.8. The van der Waals surface area contributed by atoms with Crippen LogP contribution in [0.3, 0.4) is 0 Å². The zero-order chi connectivity index (χ0) is 24.3. The first-order chi connectivity index (χ1) is 14.3. The van der Waals surface area contributed by atoms with Gasteiger partial charge >= 0.3 is 5.97 Å². The molecule has 8 N–H and O–H groups in total. The van der Waals surface area contributed by atoms with E-state index in [4.69, 9.17) is 11.5 Å². The molecule has 0 aliphatic rings. The number of nitrogens with two attached hydrogens (primary N) is 2. The number of carbonyl (C=O) groups excluding carboxylic acids is 4. The van der Waals surface area contributed by atoms with Gasteiger partial charge in [-0.2, -0.15) is 0 Å². The molecule has 0 saturated heterocycles. The quantitative estimate of drug-likeness (QED) is 0.203. The van der Waals surface area contributed by atoms with Gasteiger partial charge in [0.15, 0.2) is 0 Å². The van der Waals surface area contributed by atoms with Crippen molar-refractivity contribution in [2.45, 2.75) is 84.5 Å². The molecule has 0 spiro atoms. The number of nitrogens with one attached hydrogen (secondary N) is 3. The minimum absolute atomic E-state index is 0.0321. The van der Waals surface area contributed by atoms with Crippen LogP contribution in [0.4, 0.5) is 0 Å². The number of aliphatic carboxylic acids is 1. The predicted molar refractivity (Wildman–Crippen MR) is 114 cm³/mol. The minimum atomic E-state index is -1.17. The molecule has 0 radical (unpaired) electrons. The van der Waals surface area contributed by atoms with Gasteiger partial charge in [-0.25, -0.2) is 4.79 Å². The van der Waals surface area contributed by atoms with Gasteiger partial charge in [0.2, 0.25) is 23.6 Å². The van der Waals surface area contributed by atoms with Crippen LogP contribution in [0.5, 0.6) is 0 Å². The fourth-order valence-corrected chi connectivity index (χ4v) is 2.77. The van der Waals surface area contributed by atoms with Crippen LogP contribution in [0, 0.1) is 11.8 Å². The molecular formula is C20H37N5O6. The van der Waals surface area contributed by atoms with Crippen LogP contribution in [0.2, 0.25) is 0 Å². The lowest BCUT2D eigenvalue weighted by atomic mass is 9.96. The number of hydrogen-bond donors (Lipinski definition) is 6. The highest BCUT2D eigenvalue weighted by atomic mass is 16.4. The van der Waals surface area contributed by atoms with Gasteiger partial charge in [-0.3, -0.25) is 19.2 Å². The van der Waals surface area contributed by atoms with Gasteiger partial charge in [0.1, 0.15) is 18.1 Å². The first-order valence-corrected chi connectivity index (χ1v) is 10.5. The van der Waals surface area contributed by atoms with E-state index in [1.54, 1.807) is 6.92 Å². The smallest absolute Gasteiger partial charge is 0.326 e. The number of carbonyl (C=O) groups is 5. The summed E-state index contributed by atoms with van der Waals surface area (Å²) in [4.78, 5) is 60.2. The lowest BCUT2D eigenvalue weighted by molar-refractivity contribution is -0.143. The minimum Gasteiger partial charge on any atom is -0.480 e. The Bertz CT molecular complexity index is 652. The molecule has 0 heterocycles. The van der Waals surface area contributed by atoms with Gasteiger partial charge in [0.25, 0.3) is 0 Å². The van der Waals surface area contributed by atoms with Crippen LogP contribution in [0.15, 0.2) is 0 Å². The third-order valence-electron chi connectivity index (χ3n) is 4.84. The van der Waals surface area contributed by atoms with E-state index in [2.05, 4.69) is 16.0 Å². The highest BCUT2D eigenvalue weighted by Gasteiger charge is 2.32. The maximum absolute atomic E-state index is 12.8. The van der Waals surface area contributed by atoms with Crippen LogP contribution in [0.1, 0.15) is 60.3 Å². The standard InChI is InChI=1S/C20H37N5O6/c1-6-11(4)16(19(29)24-14(20(30)31)9-10(2)3)25-18(28)13(7-8-15(22)26)23-17(27)12(5)21/h10-14,16H,6-9,21H2,1-5H3,(H2,22,26)(H,23,27)(H,24,29)(H,25,28)(H,30,31). The van der Waals surface area contributed by atoms with Crippen molar-refractivity contribution in [3.63, 3.8) is 0 Å². The number of amides is 4. The molecule has 0 aromatic carbocycles. The van der Waals surface area contributed by atoms with Gasteiger partial charge in [0.05, 0.1) is 6.04 Å². The lowest BCUT2D eigenvalue weighted by Gasteiger charge is -2.28. The largest absolute Gasteiger partial charge is 0.480 e. The second kappa shape index (κ2) is 13.6. The Labute approximate surface area is 183 Å². The van der Waals surface area contributed by atoms with Crippen molar-refractivity contribution in [1.82, 2.24) is 16.0 Å². The molecule has 4 amide bonds. The molecule has 5 unspecified atom stereocenters. The average Bonchev–Trinajstić information content (AvgIpc) is 2.66. The third kappa shape index (κ3) is 10.8. The van der Waals surface area contributed by atoms with E-state index in [0.29, 0.717) is 6.42 Å². The van der Waals surface area contributed by atoms with Crippen molar-refractivity contribution in [3.8, 4) is 0 Å². The number of hydrogen-bond acceptors (Lipinski definition) is 6. The summed E-state index contributed by atoms with van der Waals surface area (Å²) in [5.74, 6) is -4.03. The Hall–Kier alpha value is -2.69. The van der Waals surface area contributed by atoms with Crippen molar-refractivity contribution < 1.29 is 29.1 Å². The molecular weight excluding hydrogens is 406 g/mol. The van der Waals surface area contributed by atoms with E-state index < -0.39 is 53.8 Å². The molecule has 0 aromatic heterocycles. The van der Waals surface area contributed by atoms with E-state index in [0.717, 1.165) is 0 Å². The fraction of sp³-hybridized carbons (Fsp3) is 0.750. The monoisotopic (exact) mass is 443 g/mol. The van der Waals surface area contributed by atoms with E-state index >= 15 is 0 Å². The van der Waals surface area contributed by atoms with Gasteiger partial charge in [-0.1, -0.05) is 34.1 Å². The molecule has 5 atom stereocenters. The van der Waals surface area contributed by atoms with Crippen LogP contribution in [-0.2, 0) is 24.0 Å². The zero-order valence-corrected chi connectivity index (χ0v) is 18.9. The zero-order valence-electron chi connectivity index (χ0n) is 18.9. The maximum Gasteiger partial charge on any atom is 0.326 e. The first kappa shape index (κ1) is 28.3. The number of primary amides is 1. The second-order valence-electron chi connectivity index (χ2n) is 8.26. The highest BCUT2D eigenvalue weighted by molar-refractivity contribution is 5.94. The molecule has 11 heteroatoms. The normalized spacial score (nSPS) is 15.8. The Balaban J connectivity index is 5.52. The van der Waals surface area contributed by atoms with Gasteiger partial charge < -0.3 is 32.5 Å². The van der Waals surface area contributed by atoms with Crippen molar-refractivity contribution in [1.29, 1.82) is 0 Å². The van der Waals surface area contributed by atoms with E-state index in [9.17, 15) is 29.1 Å². The van der Waals surface area contributed by atoms with Crippen LogP contribution in [-0.4, -0.2) is 58.9 Å². The molecule has 0 aliphatic heterocycles. The van der Waals surface area contributed by atoms with Crippen molar-refractivity contribution >= 4 is 29.6 Å². The molecule has 0 aromatic rings. The summed E-state index contributed by atoms with van der Waals surface area (Å²) in [6, 6.07) is -4.14. The Morgan fingerprint density at radius 2 is 1.42 bits per heavy atom. The summed E-state index contributed by atoms with van der Waals surface area (Å²) in [7, 11) is 0. The van der Waals surface area contributed by atoms with E-state index in [-0.39, 0.29) is 31.1 Å². The molecule has 11 nitrogen and oxygen atoms in total. The first-order valence-electron chi connectivity index (χ1n) is 10.5. The Kier molecular flexibility index (Phi) is 12.4. The molecule has 0 rings (SSSR count). The summed E-state index contributed by atoms with van der Waals surface area (Å²) in [6.45, 7) is 8.67. The molecule has 0 saturated carbocycles. The van der Waals surface area contributed by atoms with Crippen molar-refractivity contribution in [3.05, 3.63) is 0 Å². The number of carboxylic acids is 1. The molecule has 178 valence electrons. The van der Waals surface area contributed by atoms with Gasteiger partial charge in [-0.15, -0.1) is 0 Å². The molecule has 0 bridgehead atoms. The van der Waals surface area contributed by atoms with E-state index in [1.807, 2.05) is 20.8 Å². The topological polar surface area (TPSA) is 194 Å². The second-order valence-corrected chi connectivity index (χ2v) is 8.26. The summed E-state index contributed by atoms with van der Waals surface area (Å²) in [5, 5.41) is 16.9. The van der Waals surface area contributed by atoms with Crippen molar-refractivity contribution in [2.75, 3.05) is 0 Å². The third-order valence-corrected chi connectivity index (χ3v) is 4.84. The SMILES string of the molecule is CCC(C)C(NC(=O)C(CCC(N)=O)NC(=O)C(C)N)C(=O)NC(CC(C)C)C(=O)O. The summed E-state index contributed by atoms with van der Waals surface area (Å²) in [5.41, 5.74) is 10.7. The van der Waals surface area contributed by atoms with Crippen LogP contribution in [0.25, 0.3) is 0 Å². The summed E-state index contributed by atoms with van der Waals surface area (Å²) in [6.07, 6.45) is 0.527. The van der Waals surface area contributed by atoms with Gasteiger partial charge in [-0.05, 0) is 31.6 Å². The number of carboxylic acid groups (broad SMARTS) is 1. The Morgan fingerprint density at radius 1 is 0.871 bits per heavy atom. The predicted octanol–water partition coefficient (Wildman–Crippen LogP) is -0.770. The molecule has 31 heavy (non-hydrogen) atoms. The Morgan fingerprint density at radius 3 is 1.84 bits per heavy atom. The summed E-state index contributed by atoms with van der Waals surface area (Å²) < 4.78 is 0. The summed E-state index contributed by atoms with van der Waals surface area (Å²) >= 11 is 0. The highest BCUT2D eigenvalue weighted by Crippen LogP contribution is 2.12. The molecule has 0 fully saturated rings. The van der Waals surface area contributed by atoms with E-state index in [1.165, 1.54) is 6.92 Å². The average molecular weight is 444 g/mol. The lowest BCUT2D eigenvalue weighted by Crippen LogP contribution is -2.58. The van der Waals surface area contributed by atoms with Crippen LogP contribution >= 0.6 is 0 Å². The number of rotatable bonds is 14. The fourth-order valence-electron chi connectivity index (χ4n) is 2.77. The van der Waals surface area contributed by atoms with Crippen molar-refractivity contribution in [2.24, 2.45) is 23.3 Å². The molecule has 0 aliphatic carbocycles.